The Morgan fingerprint density at radius 2 is 0.950 bits per heavy atom. The lowest BCUT2D eigenvalue weighted by Crippen LogP contribution is -2.53. The number of carboxylic acids is 1. The summed E-state index contributed by atoms with van der Waals surface area (Å²) in [6.45, 7) is 6.74. The molecule has 0 bridgehead atoms. The Balaban J connectivity index is 1.06. The first-order valence-electron chi connectivity index (χ1n) is 39.9. The van der Waals surface area contributed by atoms with Crippen LogP contribution in [0, 0.1) is 12.8 Å². The van der Waals surface area contributed by atoms with E-state index in [9.17, 15) is 29.4 Å². The molecule has 1 saturated heterocycles. The molecule has 0 spiro atoms. The Bertz CT molecular complexity index is 3080. The Kier molecular flexibility index (Phi) is 40.8. The summed E-state index contributed by atoms with van der Waals surface area (Å²) in [5, 5.41) is 27.3. The number of unbranched alkanes of at least 4 members (excludes halogenated alkanes) is 38. The molecule has 1 aromatic heterocycles. The van der Waals surface area contributed by atoms with Crippen LogP contribution in [0.25, 0.3) is 0 Å². The molecule has 0 saturated carbocycles. The smallest absolute Gasteiger partial charge is 0.330 e. The molecule has 15 heteroatoms. The number of aromatic nitrogens is 2. The molecule has 101 heavy (non-hydrogen) atoms. The van der Waals surface area contributed by atoms with Crippen molar-refractivity contribution in [2.75, 3.05) is 34.0 Å². The van der Waals surface area contributed by atoms with Crippen LogP contribution in [0.15, 0.2) is 113 Å². The topological polar surface area (TPSA) is 197 Å². The zero-order valence-corrected chi connectivity index (χ0v) is 63.0. The largest absolute Gasteiger partial charge is 0.497 e. The van der Waals surface area contributed by atoms with E-state index in [1.807, 2.05) is 97.1 Å². The molecule has 2 heterocycles. The number of ether oxygens (including phenoxy) is 6. The Morgan fingerprint density at radius 3 is 1.37 bits per heavy atom. The number of aliphatic carboxylic acids is 1. The second-order valence-corrected chi connectivity index (χ2v) is 28.8. The third kappa shape index (κ3) is 29.7. The van der Waals surface area contributed by atoms with Gasteiger partial charge in [-0.3, -0.25) is 23.9 Å². The van der Waals surface area contributed by atoms with Gasteiger partial charge in [-0.05, 0) is 72.9 Å². The second-order valence-electron chi connectivity index (χ2n) is 28.8. The number of aliphatic hydroxyl groups is 1. The van der Waals surface area contributed by atoms with E-state index in [4.69, 9.17) is 28.4 Å². The molecule has 1 aliphatic heterocycles. The lowest BCUT2D eigenvalue weighted by atomic mass is 9.78. The van der Waals surface area contributed by atoms with E-state index in [0.717, 1.165) is 36.7 Å². The molecular weight excluding hydrogens is 1270 g/mol. The Morgan fingerprint density at radius 1 is 0.554 bits per heavy atom. The molecule has 0 aliphatic carbocycles. The lowest BCUT2D eigenvalue weighted by Gasteiger charge is -2.39. The van der Waals surface area contributed by atoms with Gasteiger partial charge in [0.15, 0.2) is 0 Å². The highest BCUT2D eigenvalue weighted by Gasteiger charge is 2.57. The summed E-state index contributed by atoms with van der Waals surface area (Å²) in [6, 6.07) is 29.9. The van der Waals surface area contributed by atoms with Crippen molar-refractivity contribution in [3.05, 3.63) is 152 Å². The van der Waals surface area contributed by atoms with Gasteiger partial charge in [-0.25, -0.2) is 4.79 Å². The highest BCUT2D eigenvalue weighted by Crippen LogP contribution is 2.47. The zero-order chi connectivity index (χ0) is 72.0. The maximum Gasteiger partial charge on any atom is 0.330 e. The summed E-state index contributed by atoms with van der Waals surface area (Å²) in [5.74, 6) is -1.39. The quantitative estimate of drug-likeness (QED) is 0.0213. The summed E-state index contributed by atoms with van der Waals surface area (Å²) in [4.78, 5) is 56.7. The fraction of sp³-hybridized carbons (Fsp3) is 0.651. The second kappa shape index (κ2) is 49.3. The molecule has 6 rings (SSSR count). The third-order valence-corrected chi connectivity index (χ3v) is 20.8. The van der Waals surface area contributed by atoms with Crippen LogP contribution in [0.2, 0.25) is 0 Å². The number of aromatic amines is 1. The van der Waals surface area contributed by atoms with Crippen LogP contribution < -0.4 is 35.5 Å². The fourth-order valence-electron chi connectivity index (χ4n) is 14.5. The maximum atomic E-state index is 14.4. The van der Waals surface area contributed by atoms with Crippen molar-refractivity contribution in [1.29, 1.82) is 0 Å². The van der Waals surface area contributed by atoms with Crippen LogP contribution in [-0.2, 0) is 31.2 Å². The molecule has 4 atom stereocenters. The van der Waals surface area contributed by atoms with Crippen LogP contribution in [0.5, 0.6) is 23.0 Å². The van der Waals surface area contributed by atoms with Crippen molar-refractivity contribution >= 4 is 11.9 Å². The summed E-state index contributed by atoms with van der Waals surface area (Å²) in [7, 11) is 3.16. The Hall–Kier alpha value is -6.42. The fourth-order valence-corrected chi connectivity index (χ4v) is 14.5. The van der Waals surface area contributed by atoms with Crippen LogP contribution in [0.1, 0.15) is 318 Å². The summed E-state index contributed by atoms with van der Waals surface area (Å²) < 4.78 is 38.9. The zero-order valence-electron chi connectivity index (χ0n) is 63.0. The molecule has 4 aromatic carbocycles. The molecule has 5 aromatic rings. The predicted octanol–water partition coefficient (Wildman–Crippen LogP) is 20.7. The van der Waals surface area contributed by atoms with E-state index >= 15 is 0 Å². The van der Waals surface area contributed by atoms with Crippen LogP contribution >= 0.6 is 0 Å². The first-order chi connectivity index (χ1) is 49.4. The number of carboxylic acid groups (broad SMARTS) is 1. The van der Waals surface area contributed by atoms with E-state index in [0.29, 0.717) is 58.5 Å². The molecule has 0 radical (unpaired) electrons. The van der Waals surface area contributed by atoms with E-state index in [1.54, 1.807) is 14.2 Å². The van der Waals surface area contributed by atoms with Gasteiger partial charge in [-0.15, -0.1) is 0 Å². The summed E-state index contributed by atoms with van der Waals surface area (Å²) >= 11 is 0. The predicted molar refractivity (Wildman–Crippen MR) is 409 cm³/mol. The van der Waals surface area contributed by atoms with Gasteiger partial charge in [0.2, 0.25) is 5.91 Å². The van der Waals surface area contributed by atoms with Crippen molar-refractivity contribution in [2.24, 2.45) is 5.92 Å². The van der Waals surface area contributed by atoms with Crippen LogP contribution in [0.4, 0.5) is 0 Å². The number of methoxy groups -OCH3 is 2. The number of rotatable bonds is 59. The lowest BCUT2D eigenvalue weighted by molar-refractivity contribution is -0.168. The minimum Gasteiger partial charge on any atom is -0.497 e. The summed E-state index contributed by atoms with van der Waals surface area (Å²) in [5.41, 5.74) is -2.23. The number of amides is 1. The van der Waals surface area contributed by atoms with Crippen molar-refractivity contribution in [3.8, 4) is 23.0 Å². The monoisotopic (exact) mass is 1400 g/mol. The molecule has 15 nitrogen and oxygen atoms in total. The van der Waals surface area contributed by atoms with Crippen LogP contribution in [0.3, 0.4) is 0 Å². The number of aryl methyl sites for hydroxylation is 1. The number of H-pyrrole nitrogens is 1. The first kappa shape index (κ1) is 83.5. The number of carbonyl (C=O) groups is 2. The summed E-state index contributed by atoms with van der Waals surface area (Å²) in [6.07, 6.45) is 50.1. The number of carbonyl (C=O) groups excluding carboxylic acids is 1. The van der Waals surface area contributed by atoms with Gasteiger partial charge in [0.25, 0.3) is 5.56 Å². The molecule has 1 fully saturated rings. The van der Waals surface area contributed by atoms with Gasteiger partial charge < -0.3 is 44.0 Å². The van der Waals surface area contributed by atoms with Gasteiger partial charge in [-0.1, -0.05) is 312 Å². The number of hydrogen-bond donors (Lipinski definition) is 4. The van der Waals surface area contributed by atoms with Crippen molar-refractivity contribution in [3.63, 3.8) is 0 Å². The van der Waals surface area contributed by atoms with Crippen molar-refractivity contribution < 1.29 is 48.2 Å². The Labute approximate surface area is 607 Å². The standard InChI is InChI=1S/C86H131N3O12/c1-6-8-10-12-14-16-18-20-22-24-26-28-30-32-34-36-38-40-42-47-61-98-76-56-51-70(78(63-76)99-62-48-43-41-39-37-35-33-31-29-27-25-23-21-19-17-15-13-11-9-7-2)66-87-80(90)64-77(83(92)93)85(95)65-81(89-67-69(3)82(91)88-84(89)94)101-79(85)68-100-86(71-49-45-44-46-50-71,72-52-57-74(96-4)58-53-72)73-54-59-75(97-5)60-55-73/h44-46,49-60,63,67,77,79,81,95H,6-43,47-48,61-62,64-66,68H2,1-5H3,(H,87,90)(H,92,93)(H,88,91,94)/t77?,79-,81-,85-/m1/s1. The average molecular weight is 1400 g/mol. The van der Waals surface area contributed by atoms with E-state index < -0.39 is 72.0 Å². The molecule has 1 aliphatic rings. The maximum absolute atomic E-state index is 14.4. The van der Waals surface area contributed by atoms with E-state index in [1.165, 1.54) is 238 Å². The number of hydrogen-bond acceptors (Lipinski definition) is 11. The third-order valence-electron chi connectivity index (χ3n) is 20.8. The minimum atomic E-state index is -2.33. The molecular formula is C86H131N3O12. The number of benzene rings is 4. The molecule has 4 N–H and O–H groups in total. The van der Waals surface area contributed by atoms with E-state index in [2.05, 4.69) is 24.1 Å². The molecule has 562 valence electrons. The minimum absolute atomic E-state index is 0.0128. The van der Waals surface area contributed by atoms with Gasteiger partial charge in [0, 0.05) is 42.8 Å². The van der Waals surface area contributed by atoms with Crippen molar-refractivity contribution in [1.82, 2.24) is 14.9 Å². The molecule has 1 unspecified atom stereocenters. The highest BCUT2D eigenvalue weighted by atomic mass is 16.6. The van der Waals surface area contributed by atoms with Crippen molar-refractivity contribution in [2.45, 2.75) is 321 Å². The number of nitrogens with one attached hydrogen (secondary N) is 2. The van der Waals surface area contributed by atoms with Gasteiger partial charge in [0.05, 0.1) is 40.0 Å². The first-order valence-corrected chi connectivity index (χ1v) is 39.9. The molecule has 1 amide bonds. The SMILES string of the molecule is CCCCCCCCCCCCCCCCCCCCCCOc1ccc(CNC(=O)CC(C(=O)O)[C@]2(O)C[C@H](n3cc(C)c(=O)[nH]c3=O)O[C@@H]2COC(c2ccccc2)(c2ccc(OC)cc2)c2ccc(OC)cc2)c(OCCCCCCCCCCCCCCCCCCCCCC)c1. The normalized spacial score (nSPS) is 15.6. The van der Waals surface area contributed by atoms with Gasteiger partial charge in [0.1, 0.15) is 46.5 Å². The van der Waals surface area contributed by atoms with Gasteiger partial charge in [-0.2, -0.15) is 0 Å². The van der Waals surface area contributed by atoms with E-state index in [-0.39, 0.29) is 12.1 Å². The highest BCUT2D eigenvalue weighted by molar-refractivity contribution is 5.83. The van der Waals surface area contributed by atoms with Crippen LogP contribution in [-0.4, -0.2) is 77.4 Å². The number of nitrogens with zero attached hydrogens (tertiary/aromatic N) is 1. The average Bonchev–Trinajstić information content (AvgIpc) is 1.74. The van der Waals surface area contributed by atoms with Gasteiger partial charge >= 0.3 is 11.7 Å².